The molecule has 0 bridgehead atoms. The fraction of sp³-hybridized carbons (Fsp3) is 0.188. The number of benzene rings is 2. The number of hydrogen-bond donors (Lipinski definition) is 0. The SMILES string of the molecule is CCOc1cccc(C(=O)Cc2ccc(F)cc2)c1. The van der Waals surface area contributed by atoms with Gasteiger partial charge in [-0.3, -0.25) is 4.79 Å². The van der Waals surface area contributed by atoms with Crippen molar-refractivity contribution in [3.8, 4) is 5.75 Å². The van der Waals surface area contributed by atoms with E-state index in [1.165, 1.54) is 12.1 Å². The quantitative estimate of drug-likeness (QED) is 0.765. The van der Waals surface area contributed by atoms with Crippen molar-refractivity contribution in [2.45, 2.75) is 13.3 Å². The molecule has 0 aromatic heterocycles. The lowest BCUT2D eigenvalue weighted by Crippen LogP contribution is -2.04. The Morgan fingerprint density at radius 1 is 1.16 bits per heavy atom. The van der Waals surface area contributed by atoms with Gasteiger partial charge in [0.05, 0.1) is 6.61 Å². The highest BCUT2D eigenvalue weighted by Gasteiger charge is 2.08. The Morgan fingerprint density at radius 3 is 2.58 bits per heavy atom. The highest BCUT2D eigenvalue weighted by molar-refractivity contribution is 5.97. The van der Waals surface area contributed by atoms with E-state index in [2.05, 4.69) is 0 Å². The number of carbonyl (C=O) groups is 1. The zero-order valence-electron chi connectivity index (χ0n) is 10.7. The fourth-order valence-corrected chi connectivity index (χ4v) is 1.82. The molecule has 0 unspecified atom stereocenters. The van der Waals surface area contributed by atoms with E-state index >= 15 is 0 Å². The summed E-state index contributed by atoms with van der Waals surface area (Å²) in [6.45, 7) is 2.46. The van der Waals surface area contributed by atoms with Gasteiger partial charge in [-0.25, -0.2) is 4.39 Å². The first-order valence-corrected chi connectivity index (χ1v) is 6.19. The average Bonchev–Trinajstić information content (AvgIpc) is 2.42. The van der Waals surface area contributed by atoms with E-state index in [-0.39, 0.29) is 18.0 Å². The van der Waals surface area contributed by atoms with Crippen molar-refractivity contribution in [1.82, 2.24) is 0 Å². The smallest absolute Gasteiger partial charge is 0.167 e. The number of halogens is 1. The second-order valence-corrected chi connectivity index (χ2v) is 4.19. The third kappa shape index (κ3) is 3.65. The zero-order chi connectivity index (χ0) is 13.7. The predicted octanol–water partition coefficient (Wildman–Crippen LogP) is 3.65. The van der Waals surface area contributed by atoms with Crippen molar-refractivity contribution >= 4 is 5.78 Å². The van der Waals surface area contributed by atoms with Crippen molar-refractivity contribution in [2.75, 3.05) is 6.61 Å². The van der Waals surface area contributed by atoms with Crippen LogP contribution < -0.4 is 4.74 Å². The molecule has 3 heteroatoms. The van der Waals surface area contributed by atoms with E-state index in [1.54, 1.807) is 30.3 Å². The van der Waals surface area contributed by atoms with Gasteiger partial charge in [-0.1, -0.05) is 24.3 Å². The molecule has 2 aromatic rings. The van der Waals surface area contributed by atoms with Crippen LogP contribution in [-0.2, 0) is 6.42 Å². The maximum Gasteiger partial charge on any atom is 0.167 e. The van der Waals surface area contributed by atoms with Crippen LogP contribution in [0.2, 0.25) is 0 Å². The summed E-state index contributed by atoms with van der Waals surface area (Å²) in [5.74, 6) is 0.384. The summed E-state index contributed by atoms with van der Waals surface area (Å²) in [6, 6.07) is 13.1. The molecule has 19 heavy (non-hydrogen) atoms. The largest absolute Gasteiger partial charge is 0.494 e. The first kappa shape index (κ1) is 13.3. The maximum absolute atomic E-state index is 12.8. The van der Waals surface area contributed by atoms with E-state index in [9.17, 15) is 9.18 Å². The number of Topliss-reactive ketones (excluding diaryl/α,β-unsaturated/α-hetero) is 1. The summed E-state index contributed by atoms with van der Waals surface area (Å²) in [4.78, 5) is 12.1. The standard InChI is InChI=1S/C16H15FO2/c1-2-19-15-5-3-4-13(11-15)16(18)10-12-6-8-14(17)9-7-12/h3-9,11H,2,10H2,1H3. The first-order valence-electron chi connectivity index (χ1n) is 6.19. The van der Waals surface area contributed by atoms with Crippen molar-refractivity contribution < 1.29 is 13.9 Å². The molecule has 0 aliphatic carbocycles. The number of ketones is 1. The second-order valence-electron chi connectivity index (χ2n) is 4.19. The molecule has 0 spiro atoms. The second kappa shape index (κ2) is 6.14. The molecule has 0 N–H and O–H groups in total. The molecule has 98 valence electrons. The van der Waals surface area contributed by atoms with Crippen LogP contribution in [0.5, 0.6) is 5.75 Å². The Morgan fingerprint density at radius 2 is 1.89 bits per heavy atom. The van der Waals surface area contributed by atoms with Gasteiger partial charge in [-0.05, 0) is 36.8 Å². The van der Waals surface area contributed by atoms with Crippen LogP contribution in [-0.4, -0.2) is 12.4 Å². The molecule has 2 nitrogen and oxygen atoms in total. The number of ether oxygens (including phenoxy) is 1. The molecule has 0 radical (unpaired) electrons. The highest BCUT2D eigenvalue weighted by atomic mass is 19.1. The van der Waals surface area contributed by atoms with Crippen molar-refractivity contribution in [3.63, 3.8) is 0 Å². The molecule has 0 amide bonds. The summed E-state index contributed by atoms with van der Waals surface area (Å²) >= 11 is 0. The molecule has 2 rings (SSSR count). The summed E-state index contributed by atoms with van der Waals surface area (Å²) in [7, 11) is 0. The summed E-state index contributed by atoms with van der Waals surface area (Å²) in [5.41, 5.74) is 1.41. The van der Waals surface area contributed by atoms with E-state index in [0.717, 1.165) is 5.56 Å². The third-order valence-corrected chi connectivity index (χ3v) is 2.74. The van der Waals surface area contributed by atoms with Gasteiger partial charge in [0.2, 0.25) is 0 Å². The van der Waals surface area contributed by atoms with Gasteiger partial charge in [0, 0.05) is 12.0 Å². The van der Waals surface area contributed by atoms with Crippen LogP contribution in [0.4, 0.5) is 4.39 Å². The lowest BCUT2D eigenvalue weighted by Gasteiger charge is -2.05. The molecule has 0 atom stereocenters. The van der Waals surface area contributed by atoms with Gasteiger partial charge >= 0.3 is 0 Å². The van der Waals surface area contributed by atoms with E-state index < -0.39 is 0 Å². The summed E-state index contributed by atoms with van der Waals surface area (Å²) in [5, 5.41) is 0. The minimum atomic E-state index is -0.297. The van der Waals surface area contributed by atoms with E-state index in [4.69, 9.17) is 4.74 Å². The Bertz CT molecular complexity index is 561. The van der Waals surface area contributed by atoms with Crippen LogP contribution in [0.3, 0.4) is 0 Å². The molecule has 0 aliphatic rings. The molecule has 0 aliphatic heterocycles. The molecular formula is C16H15FO2. The van der Waals surface area contributed by atoms with Gasteiger partial charge < -0.3 is 4.74 Å². The van der Waals surface area contributed by atoms with Gasteiger partial charge in [0.1, 0.15) is 11.6 Å². The normalized spacial score (nSPS) is 10.2. The lowest BCUT2D eigenvalue weighted by atomic mass is 10.0. The molecule has 0 saturated heterocycles. The van der Waals surface area contributed by atoms with E-state index in [1.807, 2.05) is 13.0 Å². The average molecular weight is 258 g/mol. The highest BCUT2D eigenvalue weighted by Crippen LogP contribution is 2.15. The minimum absolute atomic E-state index is 0.00633. The minimum Gasteiger partial charge on any atom is -0.494 e. The zero-order valence-corrected chi connectivity index (χ0v) is 10.7. The molecule has 0 saturated carbocycles. The van der Waals surface area contributed by atoms with Crippen molar-refractivity contribution in [2.24, 2.45) is 0 Å². The van der Waals surface area contributed by atoms with Gasteiger partial charge in [0.15, 0.2) is 5.78 Å². The van der Waals surface area contributed by atoms with Gasteiger partial charge in [0.25, 0.3) is 0 Å². The first-order chi connectivity index (χ1) is 9.19. The Labute approximate surface area is 111 Å². The predicted molar refractivity (Wildman–Crippen MR) is 72.0 cm³/mol. The Kier molecular flexibility index (Phi) is 4.29. The number of hydrogen-bond acceptors (Lipinski definition) is 2. The number of rotatable bonds is 5. The number of carbonyl (C=O) groups excluding carboxylic acids is 1. The van der Waals surface area contributed by atoms with Crippen LogP contribution in [0.15, 0.2) is 48.5 Å². The van der Waals surface area contributed by atoms with Crippen LogP contribution in [0.1, 0.15) is 22.8 Å². The topological polar surface area (TPSA) is 26.3 Å². The third-order valence-electron chi connectivity index (χ3n) is 2.74. The molecule has 0 heterocycles. The monoisotopic (exact) mass is 258 g/mol. The van der Waals surface area contributed by atoms with Crippen LogP contribution in [0.25, 0.3) is 0 Å². The molecule has 0 fully saturated rings. The summed E-state index contributed by atoms with van der Waals surface area (Å²) < 4.78 is 18.1. The van der Waals surface area contributed by atoms with Crippen LogP contribution in [0, 0.1) is 5.82 Å². The van der Waals surface area contributed by atoms with Gasteiger partial charge in [-0.15, -0.1) is 0 Å². The Balaban J connectivity index is 2.11. The van der Waals surface area contributed by atoms with Crippen molar-refractivity contribution in [3.05, 3.63) is 65.5 Å². The fourth-order valence-electron chi connectivity index (χ4n) is 1.82. The molecule has 2 aromatic carbocycles. The summed E-state index contributed by atoms with van der Waals surface area (Å²) in [6.07, 6.45) is 0.260. The maximum atomic E-state index is 12.8. The van der Waals surface area contributed by atoms with Crippen molar-refractivity contribution in [1.29, 1.82) is 0 Å². The van der Waals surface area contributed by atoms with Crippen LogP contribution >= 0.6 is 0 Å². The van der Waals surface area contributed by atoms with Gasteiger partial charge in [-0.2, -0.15) is 0 Å². The Hall–Kier alpha value is -2.16. The molecular weight excluding hydrogens is 243 g/mol. The lowest BCUT2D eigenvalue weighted by molar-refractivity contribution is 0.0992. The van der Waals surface area contributed by atoms with E-state index in [0.29, 0.717) is 17.9 Å².